The van der Waals surface area contributed by atoms with Crippen LogP contribution in [0.2, 0.25) is 0 Å². The number of phenols is 1. The number of nitrogens with one attached hydrogen (secondary N) is 1. The van der Waals surface area contributed by atoms with Crippen LogP contribution < -0.4 is 15.8 Å². The minimum Gasteiger partial charge on any atom is -0.504 e. The molecular formula is C34H43N3O4. The first-order valence-corrected chi connectivity index (χ1v) is 14.3. The summed E-state index contributed by atoms with van der Waals surface area (Å²) in [4.78, 5) is 29.4. The number of carbonyl (C=O) groups is 2. The largest absolute Gasteiger partial charge is 0.504 e. The van der Waals surface area contributed by atoms with Crippen molar-refractivity contribution < 1.29 is 19.4 Å². The molecule has 2 aromatic carbocycles. The number of rotatable bonds is 17. The monoisotopic (exact) mass is 557 g/mol. The maximum absolute atomic E-state index is 12.6. The molecule has 0 bridgehead atoms. The van der Waals surface area contributed by atoms with Crippen molar-refractivity contribution in [3.05, 3.63) is 88.6 Å². The predicted molar refractivity (Wildman–Crippen MR) is 165 cm³/mol. The van der Waals surface area contributed by atoms with Gasteiger partial charge in [0.25, 0.3) is 0 Å². The minimum atomic E-state index is -0.241. The number of unbranched alkanes of at least 4 members (excludes halogenated alkanes) is 2. The Balaban J connectivity index is 1.65. The number of phenolic OH excluding ortho intramolecular Hbond substituents is 1. The molecule has 4 N–H and O–H groups in total. The fraction of sp³-hybridized carbons (Fsp3) is 0.382. The van der Waals surface area contributed by atoms with Crippen LogP contribution in [0.3, 0.4) is 0 Å². The third-order valence-corrected chi connectivity index (χ3v) is 7.16. The van der Waals surface area contributed by atoms with E-state index in [2.05, 4.69) is 17.2 Å². The molecule has 0 saturated carbocycles. The molecule has 0 aliphatic rings. The molecule has 3 aromatic rings. The molecule has 0 fully saturated rings. The molecule has 218 valence electrons. The second-order valence-corrected chi connectivity index (χ2v) is 10.7. The van der Waals surface area contributed by atoms with E-state index >= 15 is 0 Å². The third kappa shape index (κ3) is 10.5. The third-order valence-electron chi connectivity index (χ3n) is 7.16. The van der Waals surface area contributed by atoms with Gasteiger partial charge in [-0.05, 0) is 90.9 Å². The van der Waals surface area contributed by atoms with Gasteiger partial charge in [0.2, 0.25) is 0 Å². The van der Waals surface area contributed by atoms with Gasteiger partial charge in [-0.2, -0.15) is 0 Å². The Hall–Kier alpha value is -3.97. The first-order chi connectivity index (χ1) is 19.8. The number of hydrogen-bond donors (Lipinski definition) is 3. The van der Waals surface area contributed by atoms with E-state index in [-0.39, 0.29) is 23.7 Å². The number of ether oxygens (including phenoxy) is 1. The summed E-state index contributed by atoms with van der Waals surface area (Å²) in [7, 11) is 3.44. The van der Waals surface area contributed by atoms with Crippen molar-refractivity contribution in [3.8, 4) is 11.5 Å². The fourth-order valence-corrected chi connectivity index (χ4v) is 4.91. The number of anilines is 1. The highest BCUT2D eigenvalue weighted by Crippen LogP contribution is 2.32. The second kappa shape index (κ2) is 16.3. The van der Waals surface area contributed by atoms with Crippen LogP contribution in [-0.2, 0) is 22.4 Å². The second-order valence-electron chi connectivity index (χ2n) is 10.7. The lowest BCUT2D eigenvalue weighted by Gasteiger charge is -2.13. The highest BCUT2D eigenvalue weighted by Gasteiger charge is 2.13. The summed E-state index contributed by atoms with van der Waals surface area (Å²) in [6.45, 7) is 3.22. The number of nitrogens with two attached hydrogens (primary N) is 1. The number of aromatic nitrogens is 1. The van der Waals surface area contributed by atoms with Gasteiger partial charge in [0.1, 0.15) is 11.6 Å². The van der Waals surface area contributed by atoms with Crippen LogP contribution in [0.5, 0.6) is 11.5 Å². The van der Waals surface area contributed by atoms with E-state index in [0.717, 1.165) is 60.0 Å². The number of aromatic hydroxyl groups is 1. The van der Waals surface area contributed by atoms with Gasteiger partial charge in [-0.3, -0.25) is 9.59 Å². The Kier molecular flexibility index (Phi) is 12.6. The van der Waals surface area contributed by atoms with Crippen molar-refractivity contribution in [3.63, 3.8) is 0 Å². The van der Waals surface area contributed by atoms with Crippen LogP contribution in [0.15, 0.2) is 60.8 Å². The number of hydrogen-bond acceptors (Lipinski definition) is 7. The van der Waals surface area contributed by atoms with Gasteiger partial charge < -0.3 is 20.9 Å². The predicted octanol–water partition coefficient (Wildman–Crippen LogP) is 5.91. The molecule has 0 aliphatic heterocycles. The molecule has 0 spiro atoms. The van der Waals surface area contributed by atoms with E-state index in [9.17, 15) is 14.7 Å². The number of allylic oxidation sites excluding steroid dienone is 1. The average molecular weight is 558 g/mol. The van der Waals surface area contributed by atoms with Gasteiger partial charge in [0.05, 0.1) is 13.5 Å². The summed E-state index contributed by atoms with van der Waals surface area (Å²) < 4.78 is 5.30. The van der Waals surface area contributed by atoms with Gasteiger partial charge >= 0.3 is 0 Å². The Bertz CT molecular complexity index is 1320. The minimum absolute atomic E-state index is 0.00872. The molecule has 7 nitrogen and oxygen atoms in total. The molecule has 1 atom stereocenters. The maximum Gasteiger partial charge on any atom is 0.163 e. The van der Waals surface area contributed by atoms with E-state index in [1.807, 2.05) is 43.4 Å². The zero-order chi connectivity index (χ0) is 29.6. The molecule has 0 amide bonds. The normalized spacial score (nSPS) is 12.0. The molecule has 0 saturated heterocycles. The summed E-state index contributed by atoms with van der Waals surface area (Å²) >= 11 is 0. The SMILES string of the molecule is CNC[C@H](C)CCCCCC(=O)CC(=O)C=Cc1cc(OC)c(O)cc1Cc1cnc(N)c(Cc2ccccc2)c1. The quantitative estimate of drug-likeness (QED) is 0.107. The van der Waals surface area contributed by atoms with Gasteiger partial charge in [-0.15, -0.1) is 0 Å². The summed E-state index contributed by atoms with van der Waals surface area (Å²) in [6.07, 6.45) is 10.3. The van der Waals surface area contributed by atoms with Crippen LogP contribution in [0.1, 0.15) is 73.3 Å². The Morgan fingerprint density at radius 3 is 2.54 bits per heavy atom. The lowest BCUT2D eigenvalue weighted by molar-refractivity contribution is -0.124. The molecule has 7 heteroatoms. The lowest BCUT2D eigenvalue weighted by atomic mass is 9.96. The summed E-state index contributed by atoms with van der Waals surface area (Å²) in [5.74, 6) is 1.14. The van der Waals surface area contributed by atoms with Crippen molar-refractivity contribution in [1.29, 1.82) is 0 Å². The Morgan fingerprint density at radius 1 is 1.05 bits per heavy atom. The number of Topliss-reactive ketones (excluding diaryl/α,β-unsaturated/α-hetero) is 1. The molecular weight excluding hydrogens is 514 g/mol. The Labute approximate surface area is 243 Å². The first kappa shape index (κ1) is 31.6. The van der Waals surface area contributed by atoms with Crippen molar-refractivity contribution in [2.45, 2.75) is 58.3 Å². The molecule has 1 heterocycles. The molecule has 3 rings (SSSR count). The van der Waals surface area contributed by atoms with E-state index < -0.39 is 0 Å². The number of nitrogens with zero attached hydrogens (tertiary/aromatic N) is 1. The molecule has 0 unspecified atom stereocenters. The topological polar surface area (TPSA) is 115 Å². The number of pyridine rings is 1. The van der Waals surface area contributed by atoms with Crippen molar-refractivity contribution in [2.24, 2.45) is 5.92 Å². The van der Waals surface area contributed by atoms with Crippen LogP contribution in [0.4, 0.5) is 5.82 Å². The zero-order valence-electron chi connectivity index (χ0n) is 24.5. The highest BCUT2D eigenvalue weighted by molar-refractivity contribution is 6.06. The number of ketones is 2. The van der Waals surface area contributed by atoms with Crippen LogP contribution >= 0.6 is 0 Å². The van der Waals surface area contributed by atoms with E-state index in [4.69, 9.17) is 10.5 Å². The van der Waals surface area contributed by atoms with Crippen molar-refractivity contribution in [2.75, 3.05) is 26.4 Å². The lowest BCUT2D eigenvalue weighted by Crippen LogP contribution is -2.15. The van der Waals surface area contributed by atoms with E-state index in [1.54, 1.807) is 24.4 Å². The van der Waals surface area contributed by atoms with Crippen LogP contribution in [0.25, 0.3) is 6.08 Å². The van der Waals surface area contributed by atoms with Gasteiger partial charge in [0.15, 0.2) is 17.3 Å². The van der Waals surface area contributed by atoms with Gasteiger partial charge in [-0.25, -0.2) is 4.98 Å². The average Bonchev–Trinajstić information content (AvgIpc) is 2.95. The summed E-state index contributed by atoms with van der Waals surface area (Å²) in [5.41, 5.74) is 10.7. The van der Waals surface area contributed by atoms with Gasteiger partial charge in [0, 0.05) is 19.0 Å². The van der Waals surface area contributed by atoms with Crippen LogP contribution in [-0.4, -0.2) is 42.4 Å². The highest BCUT2D eigenvalue weighted by atomic mass is 16.5. The standard InChI is InChI=1S/C34H43N3O4/c1-24(22-36-2)10-6-4-9-13-30(38)21-31(39)15-14-27-20-33(41-3)32(40)19-28(27)17-26-18-29(34(35)37-23-26)16-25-11-7-5-8-12-25/h5,7-8,11-12,14-15,18-20,23-24,36,40H,4,6,9-10,13,16-17,21-22H2,1-3H3,(H2,35,37)/t24-/m1/s1. The molecule has 0 aliphatic carbocycles. The number of benzene rings is 2. The van der Waals surface area contributed by atoms with E-state index in [1.165, 1.54) is 13.2 Å². The van der Waals surface area contributed by atoms with Gasteiger partial charge in [-0.1, -0.05) is 56.2 Å². The number of methoxy groups -OCH3 is 1. The van der Waals surface area contributed by atoms with Crippen molar-refractivity contribution >= 4 is 23.5 Å². The maximum atomic E-state index is 12.6. The van der Waals surface area contributed by atoms with Crippen molar-refractivity contribution in [1.82, 2.24) is 10.3 Å². The molecule has 1 aromatic heterocycles. The molecule has 0 radical (unpaired) electrons. The fourth-order valence-electron chi connectivity index (χ4n) is 4.91. The smallest absolute Gasteiger partial charge is 0.163 e. The number of nitrogen functional groups attached to an aromatic ring is 1. The first-order valence-electron chi connectivity index (χ1n) is 14.3. The summed E-state index contributed by atoms with van der Waals surface area (Å²) in [5, 5.41) is 13.6. The van der Waals surface area contributed by atoms with E-state index in [0.29, 0.717) is 36.7 Å². The summed E-state index contributed by atoms with van der Waals surface area (Å²) in [6, 6.07) is 15.4. The Morgan fingerprint density at radius 2 is 1.80 bits per heavy atom. The zero-order valence-corrected chi connectivity index (χ0v) is 24.5. The molecule has 41 heavy (non-hydrogen) atoms. The number of carbonyl (C=O) groups excluding carboxylic acids is 2. The van der Waals surface area contributed by atoms with Crippen LogP contribution in [0, 0.1) is 5.92 Å².